The van der Waals surface area contributed by atoms with Crippen molar-refractivity contribution in [2.75, 3.05) is 5.32 Å². The van der Waals surface area contributed by atoms with Gasteiger partial charge in [0, 0.05) is 21.3 Å². The Labute approximate surface area is 131 Å². The van der Waals surface area contributed by atoms with E-state index in [1.807, 2.05) is 11.4 Å². The number of rotatable bonds is 5. The zero-order chi connectivity index (χ0) is 13.8. The van der Waals surface area contributed by atoms with E-state index in [1.165, 1.54) is 9.56 Å². The monoisotopic (exact) mass is 403 g/mol. The molecule has 0 atom stereocenters. The molecule has 2 aromatic heterocycles. The van der Waals surface area contributed by atoms with Crippen LogP contribution in [0.2, 0.25) is 0 Å². The van der Waals surface area contributed by atoms with Crippen molar-refractivity contribution in [1.82, 2.24) is 9.78 Å². The summed E-state index contributed by atoms with van der Waals surface area (Å²) < 4.78 is 2.90. The number of halogens is 2. The normalized spacial score (nSPS) is 10.4. The average molecular weight is 405 g/mol. The van der Waals surface area contributed by atoms with E-state index >= 15 is 0 Å². The minimum Gasteiger partial charge on any atom is -0.378 e. The van der Waals surface area contributed by atoms with Gasteiger partial charge in [-0.2, -0.15) is 5.10 Å². The SMILES string of the molecule is C=CCn1ncc(NCc2cc(Br)cs2)c(Br)c1=O. The van der Waals surface area contributed by atoms with E-state index in [0.29, 0.717) is 23.2 Å². The third-order valence-electron chi connectivity index (χ3n) is 2.36. The van der Waals surface area contributed by atoms with Gasteiger partial charge in [0.25, 0.3) is 5.56 Å². The molecule has 0 spiro atoms. The zero-order valence-corrected chi connectivity index (χ0v) is 13.9. The van der Waals surface area contributed by atoms with E-state index in [0.717, 1.165) is 4.47 Å². The molecule has 0 aromatic carbocycles. The molecule has 0 aliphatic carbocycles. The second-order valence-corrected chi connectivity index (χ2v) is 6.44. The van der Waals surface area contributed by atoms with Crippen LogP contribution in [0.3, 0.4) is 0 Å². The Bertz CT molecular complexity index is 651. The minimum atomic E-state index is -0.169. The van der Waals surface area contributed by atoms with Crippen molar-refractivity contribution in [1.29, 1.82) is 0 Å². The van der Waals surface area contributed by atoms with Crippen LogP contribution in [-0.4, -0.2) is 9.78 Å². The number of aromatic nitrogens is 2. The van der Waals surface area contributed by atoms with Gasteiger partial charge in [0.15, 0.2) is 0 Å². The predicted molar refractivity (Wildman–Crippen MR) is 85.7 cm³/mol. The summed E-state index contributed by atoms with van der Waals surface area (Å²) in [4.78, 5) is 13.1. The van der Waals surface area contributed by atoms with Crippen LogP contribution in [0.15, 0.2) is 44.0 Å². The lowest BCUT2D eigenvalue weighted by Gasteiger charge is -2.08. The van der Waals surface area contributed by atoms with Gasteiger partial charge in [0.05, 0.1) is 18.4 Å². The van der Waals surface area contributed by atoms with E-state index in [-0.39, 0.29) is 5.56 Å². The van der Waals surface area contributed by atoms with Crippen molar-refractivity contribution in [3.63, 3.8) is 0 Å². The lowest BCUT2D eigenvalue weighted by atomic mass is 10.4. The summed E-state index contributed by atoms with van der Waals surface area (Å²) in [5.41, 5.74) is 0.520. The van der Waals surface area contributed by atoms with Crippen LogP contribution in [-0.2, 0) is 13.1 Å². The molecular weight excluding hydrogens is 394 g/mol. The maximum Gasteiger partial charge on any atom is 0.283 e. The molecule has 0 bridgehead atoms. The highest BCUT2D eigenvalue weighted by Crippen LogP contribution is 2.22. The highest BCUT2D eigenvalue weighted by atomic mass is 79.9. The Morgan fingerprint density at radius 1 is 1.53 bits per heavy atom. The second-order valence-electron chi connectivity index (χ2n) is 3.73. The van der Waals surface area contributed by atoms with Gasteiger partial charge < -0.3 is 5.32 Å². The maximum atomic E-state index is 12.0. The number of allylic oxidation sites excluding steroid dienone is 1. The van der Waals surface area contributed by atoms with E-state index in [4.69, 9.17) is 0 Å². The Morgan fingerprint density at radius 3 is 2.95 bits per heavy atom. The molecule has 2 rings (SSSR count). The largest absolute Gasteiger partial charge is 0.378 e. The molecule has 100 valence electrons. The number of hydrogen-bond acceptors (Lipinski definition) is 4. The Hall–Kier alpha value is -0.920. The average Bonchev–Trinajstić information content (AvgIpc) is 2.80. The van der Waals surface area contributed by atoms with Gasteiger partial charge in [-0.05, 0) is 37.9 Å². The Morgan fingerprint density at radius 2 is 2.32 bits per heavy atom. The maximum absolute atomic E-state index is 12.0. The molecule has 19 heavy (non-hydrogen) atoms. The van der Waals surface area contributed by atoms with E-state index in [9.17, 15) is 4.79 Å². The fourth-order valence-electron chi connectivity index (χ4n) is 1.47. The van der Waals surface area contributed by atoms with E-state index in [2.05, 4.69) is 48.9 Å². The summed E-state index contributed by atoms with van der Waals surface area (Å²) in [6.07, 6.45) is 3.27. The molecule has 0 fully saturated rings. The highest BCUT2D eigenvalue weighted by molar-refractivity contribution is 9.10. The third-order valence-corrected chi connectivity index (χ3v) is 4.83. The van der Waals surface area contributed by atoms with Crippen LogP contribution in [0, 0.1) is 0 Å². The van der Waals surface area contributed by atoms with Crippen LogP contribution >= 0.6 is 43.2 Å². The van der Waals surface area contributed by atoms with Crippen LogP contribution in [0.1, 0.15) is 4.88 Å². The molecule has 2 heterocycles. The molecule has 0 unspecified atom stereocenters. The number of thiophene rings is 1. The zero-order valence-electron chi connectivity index (χ0n) is 9.90. The molecule has 1 N–H and O–H groups in total. The first-order valence-corrected chi connectivity index (χ1v) is 7.91. The van der Waals surface area contributed by atoms with Gasteiger partial charge in [-0.3, -0.25) is 4.79 Å². The van der Waals surface area contributed by atoms with Crippen LogP contribution < -0.4 is 10.9 Å². The van der Waals surface area contributed by atoms with Crippen molar-refractivity contribution < 1.29 is 0 Å². The first kappa shape index (κ1) is 14.5. The van der Waals surface area contributed by atoms with Crippen LogP contribution in [0.25, 0.3) is 0 Å². The molecular formula is C12H11Br2N3OS. The molecule has 0 amide bonds. The third kappa shape index (κ3) is 3.55. The summed E-state index contributed by atoms with van der Waals surface area (Å²) in [6, 6.07) is 2.04. The number of anilines is 1. The second kappa shape index (κ2) is 6.49. The van der Waals surface area contributed by atoms with Gasteiger partial charge in [-0.25, -0.2) is 4.68 Å². The molecule has 4 nitrogen and oxygen atoms in total. The quantitative estimate of drug-likeness (QED) is 0.774. The molecule has 0 aliphatic rings. The molecule has 7 heteroatoms. The fraction of sp³-hybridized carbons (Fsp3) is 0.167. The van der Waals surface area contributed by atoms with Crippen molar-refractivity contribution in [3.05, 3.63) is 54.5 Å². The summed E-state index contributed by atoms with van der Waals surface area (Å²) >= 11 is 8.36. The van der Waals surface area contributed by atoms with Crippen molar-refractivity contribution >= 4 is 48.9 Å². The Kier molecular flexibility index (Phi) is 4.95. The van der Waals surface area contributed by atoms with Gasteiger partial charge in [-0.15, -0.1) is 17.9 Å². The summed E-state index contributed by atoms with van der Waals surface area (Å²) in [5.74, 6) is 0. The first-order valence-electron chi connectivity index (χ1n) is 5.45. The van der Waals surface area contributed by atoms with Gasteiger partial charge in [-0.1, -0.05) is 6.08 Å². The van der Waals surface area contributed by atoms with Gasteiger partial charge in [0.1, 0.15) is 4.47 Å². The summed E-state index contributed by atoms with van der Waals surface area (Å²) in [5, 5.41) is 9.29. The number of nitrogens with zero attached hydrogens (tertiary/aromatic N) is 2. The molecule has 0 aliphatic heterocycles. The van der Waals surface area contributed by atoms with Crippen molar-refractivity contribution in [2.24, 2.45) is 0 Å². The fourth-order valence-corrected chi connectivity index (χ4v) is 3.31. The lowest BCUT2D eigenvalue weighted by Crippen LogP contribution is -2.23. The summed E-state index contributed by atoms with van der Waals surface area (Å²) in [6.45, 7) is 4.65. The van der Waals surface area contributed by atoms with E-state index in [1.54, 1.807) is 23.6 Å². The van der Waals surface area contributed by atoms with E-state index < -0.39 is 0 Å². The Balaban J connectivity index is 2.15. The van der Waals surface area contributed by atoms with Crippen LogP contribution in [0.5, 0.6) is 0 Å². The van der Waals surface area contributed by atoms with Gasteiger partial charge >= 0.3 is 0 Å². The minimum absolute atomic E-state index is 0.169. The molecule has 0 saturated carbocycles. The first-order chi connectivity index (χ1) is 9.11. The molecule has 0 radical (unpaired) electrons. The highest BCUT2D eigenvalue weighted by Gasteiger charge is 2.08. The lowest BCUT2D eigenvalue weighted by molar-refractivity contribution is 0.649. The smallest absolute Gasteiger partial charge is 0.283 e. The standard InChI is InChI=1S/C12H11Br2N3OS/c1-2-3-17-12(18)11(14)10(6-16-17)15-5-9-4-8(13)7-19-9/h2,4,6-7,15H,1,3,5H2. The predicted octanol–water partition coefficient (Wildman–Crippen LogP) is 3.63. The molecule has 0 saturated heterocycles. The van der Waals surface area contributed by atoms with Crippen molar-refractivity contribution in [3.8, 4) is 0 Å². The van der Waals surface area contributed by atoms with Gasteiger partial charge in [0.2, 0.25) is 0 Å². The topological polar surface area (TPSA) is 46.9 Å². The number of hydrogen-bond donors (Lipinski definition) is 1. The molecule has 2 aromatic rings. The van der Waals surface area contributed by atoms with Crippen molar-refractivity contribution in [2.45, 2.75) is 13.1 Å². The van der Waals surface area contributed by atoms with Crippen LogP contribution in [0.4, 0.5) is 5.69 Å². The number of nitrogens with one attached hydrogen (secondary N) is 1. The summed E-state index contributed by atoms with van der Waals surface area (Å²) in [7, 11) is 0.